The smallest absolute Gasteiger partial charge is 0.195 e. The van der Waals surface area contributed by atoms with Gasteiger partial charge in [0.05, 0.1) is 0 Å². The molecule has 0 heterocycles. The van der Waals surface area contributed by atoms with Crippen LogP contribution in [0.3, 0.4) is 0 Å². The van der Waals surface area contributed by atoms with Gasteiger partial charge in [-0.05, 0) is 17.6 Å². The van der Waals surface area contributed by atoms with Crippen LogP contribution in [0.25, 0.3) is 10.4 Å². The second-order valence-corrected chi connectivity index (χ2v) is 2.60. The molecule has 0 aliphatic heterocycles. The Morgan fingerprint density at radius 1 is 1.31 bits per heavy atom. The maximum atomic E-state index is 12.9. The number of nitrogens with zero attached hydrogens (tertiary/aromatic N) is 3. The Labute approximate surface area is 73.6 Å². The molecule has 0 amide bonds. The largest absolute Gasteiger partial charge is 0.351 e. The molecule has 0 aliphatic rings. The van der Waals surface area contributed by atoms with Gasteiger partial charge in [-0.2, -0.15) is 8.78 Å². The van der Waals surface area contributed by atoms with Crippen LogP contribution in [0.2, 0.25) is 0 Å². The average Bonchev–Trinajstić information content (AvgIpc) is 2.05. The van der Waals surface area contributed by atoms with Crippen molar-refractivity contribution in [2.75, 3.05) is 0 Å². The lowest BCUT2D eigenvalue weighted by Gasteiger charge is -2.09. The van der Waals surface area contributed by atoms with Crippen LogP contribution < -0.4 is 0 Å². The summed E-state index contributed by atoms with van der Waals surface area (Å²) in [6.45, 7) is 1.79. The van der Waals surface area contributed by atoms with Crippen molar-refractivity contribution in [1.82, 2.24) is 0 Å². The van der Waals surface area contributed by atoms with E-state index < -0.39 is 6.05 Å². The molecule has 1 rings (SSSR count). The average molecular weight is 183 g/mol. The van der Waals surface area contributed by atoms with Crippen LogP contribution in [0.1, 0.15) is 11.1 Å². The molecule has 0 bridgehead atoms. The van der Waals surface area contributed by atoms with Crippen LogP contribution in [0, 0.1) is 6.92 Å². The monoisotopic (exact) mass is 183 g/mol. The highest BCUT2D eigenvalue weighted by atomic mass is 19.3. The molecule has 0 saturated heterocycles. The second-order valence-electron chi connectivity index (χ2n) is 2.60. The molecule has 5 heteroatoms. The van der Waals surface area contributed by atoms with Crippen molar-refractivity contribution in [3.05, 3.63) is 45.8 Å². The highest BCUT2D eigenvalue weighted by Gasteiger charge is 2.29. The molecule has 0 radical (unpaired) electrons. The topological polar surface area (TPSA) is 48.8 Å². The van der Waals surface area contributed by atoms with Gasteiger partial charge in [-0.15, -0.1) is 0 Å². The van der Waals surface area contributed by atoms with Crippen molar-refractivity contribution in [2.45, 2.75) is 13.0 Å². The number of halogens is 2. The molecule has 0 saturated carbocycles. The lowest BCUT2D eigenvalue weighted by molar-refractivity contribution is 0.00360. The van der Waals surface area contributed by atoms with E-state index in [1.807, 2.05) is 0 Å². The fourth-order valence-corrected chi connectivity index (χ4v) is 0.868. The molecule has 0 aliphatic carbocycles. The van der Waals surface area contributed by atoms with Gasteiger partial charge in [-0.25, -0.2) is 0 Å². The minimum Gasteiger partial charge on any atom is -0.195 e. The quantitative estimate of drug-likeness (QED) is 0.292. The Morgan fingerprint density at radius 2 is 1.85 bits per heavy atom. The highest BCUT2D eigenvalue weighted by molar-refractivity contribution is 5.24. The molecule has 1 aromatic carbocycles. The van der Waals surface area contributed by atoms with Gasteiger partial charge in [0, 0.05) is 10.5 Å². The summed E-state index contributed by atoms with van der Waals surface area (Å²) in [4.78, 5) is 2.08. The predicted octanol–water partition coefficient (Wildman–Crippen LogP) is 3.35. The first-order valence-electron chi connectivity index (χ1n) is 3.57. The van der Waals surface area contributed by atoms with Gasteiger partial charge in [0.1, 0.15) is 0 Å². The van der Waals surface area contributed by atoms with Crippen LogP contribution in [0.4, 0.5) is 8.78 Å². The Bertz CT molecular complexity index is 339. The van der Waals surface area contributed by atoms with Crippen LogP contribution in [0.15, 0.2) is 29.4 Å². The summed E-state index contributed by atoms with van der Waals surface area (Å²) in [5, 5.41) is 2.40. The van der Waals surface area contributed by atoms with Gasteiger partial charge < -0.3 is 0 Å². The zero-order valence-electron chi connectivity index (χ0n) is 6.91. The Balaban J connectivity index is 3.07. The van der Waals surface area contributed by atoms with Crippen molar-refractivity contribution in [3.8, 4) is 0 Å². The summed E-state index contributed by atoms with van der Waals surface area (Å²) >= 11 is 0. The molecule has 1 aromatic rings. The molecular formula is C8H7F2N3. The first-order valence-corrected chi connectivity index (χ1v) is 3.57. The molecule has 13 heavy (non-hydrogen) atoms. The summed E-state index contributed by atoms with van der Waals surface area (Å²) in [6, 6.07) is 2.10. The van der Waals surface area contributed by atoms with Crippen molar-refractivity contribution < 1.29 is 8.78 Å². The number of rotatable bonds is 2. The maximum Gasteiger partial charge on any atom is 0.351 e. The van der Waals surface area contributed by atoms with E-state index in [-0.39, 0.29) is 5.56 Å². The van der Waals surface area contributed by atoms with E-state index in [0.717, 1.165) is 5.56 Å². The standard InChI is InChI=1S/C8H7F2N3/c1-6-2-4-7(5-3-6)8(9,10)12-13-11/h2-5H,1H3. The lowest BCUT2D eigenvalue weighted by atomic mass is 10.1. The zero-order chi connectivity index (χ0) is 9.90. The zero-order valence-corrected chi connectivity index (χ0v) is 6.91. The van der Waals surface area contributed by atoms with Crippen LogP contribution in [0.5, 0.6) is 0 Å². The van der Waals surface area contributed by atoms with E-state index in [0.29, 0.717) is 0 Å². The van der Waals surface area contributed by atoms with Crippen molar-refractivity contribution >= 4 is 0 Å². The van der Waals surface area contributed by atoms with E-state index in [2.05, 4.69) is 10.0 Å². The van der Waals surface area contributed by atoms with Crippen LogP contribution >= 0.6 is 0 Å². The van der Waals surface area contributed by atoms with E-state index >= 15 is 0 Å². The van der Waals surface area contributed by atoms with E-state index in [9.17, 15) is 8.78 Å². The maximum absolute atomic E-state index is 12.9. The summed E-state index contributed by atoms with van der Waals surface area (Å²) in [5.41, 5.74) is 8.48. The minimum absolute atomic E-state index is 0.295. The predicted molar refractivity (Wildman–Crippen MR) is 44.2 cm³/mol. The summed E-state index contributed by atoms with van der Waals surface area (Å²) < 4.78 is 25.7. The van der Waals surface area contributed by atoms with Crippen molar-refractivity contribution in [1.29, 1.82) is 0 Å². The lowest BCUT2D eigenvalue weighted by Crippen LogP contribution is -2.07. The van der Waals surface area contributed by atoms with E-state index in [4.69, 9.17) is 5.53 Å². The number of azide groups is 1. The molecule has 0 atom stereocenters. The molecule has 0 N–H and O–H groups in total. The second kappa shape index (κ2) is 3.41. The number of hydrogen-bond donors (Lipinski definition) is 0. The van der Waals surface area contributed by atoms with Crippen LogP contribution in [-0.2, 0) is 6.05 Å². The molecular weight excluding hydrogens is 176 g/mol. The summed E-state index contributed by atoms with van der Waals surface area (Å²) in [6.07, 6.45) is 0. The summed E-state index contributed by atoms with van der Waals surface area (Å²) in [7, 11) is 0. The molecule has 3 nitrogen and oxygen atoms in total. The number of hydrogen-bond acceptors (Lipinski definition) is 1. The highest BCUT2D eigenvalue weighted by Crippen LogP contribution is 2.29. The number of benzene rings is 1. The van der Waals surface area contributed by atoms with Gasteiger partial charge >= 0.3 is 6.05 Å². The van der Waals surface area contributed by atoms with Gasteiger partial charge in [0.15, 0.2) is 0 Å². The minimum atomic E-state index is -3.46. The molecule has 0 unspecified atom stereocenters. The van der Waals surface area contributed by atoms with Crippen molar-refractivity contribution in [3.63, 3.8) is 0 Å². The van der Waals surface area contributed by atoms with Crippen molar-refractivity contribution in [2.24, 2.45) is 5.11 Å². The third kappa shape index (κ3) is 2.16. The third-order valence-electron chi connectivity index (χ3n) is 1.57. The molecule has 68 valence electrons. The van der Waals surface area contributed by atoms with Gasteiger partial charge in [-0.3, -0.25) is 0 Å². The third-order valence-corrected chi connectivity index (χ3v) is 1.57. The molecule has 0 fully saturated rings. The first kappa shape index (κ1) is 9.48. The Kier molecular flexibility index (Phi) is 2.49. The fraction of sp³-hybridized carbons (Fsp3) is 0.250. The van der Waals surface area contributed by atoms with Crippen LogP contribution in [-0.4, -0.2) is 0 Å². The Hall–Kier alpha value is -1.61. The number of alkyl halides is 2. The van der Waals surface area contributed by atoms with Gasteiger partial charge in [0.2, 0.25) is 0 Å². The normalized spacial score (nSPS) is 10.7. The Morgan fingerprint density at radius 3 is 2.31 bits per heavy atom. The first-order chi connectivity index (χ1) is 6.06. The molecule has 0 aromatic heterocycles. The summed E-state index contributed by atoms with van der Waals surface area (Å²) in [5.74, 6) is 0. The van der Waals surface area contributed by atoms with E-state index in [1.54, 1.807) is 6.92 Å². The fourth-order valence-electron chi connectivity index (χ4n) is 0.868. The molecule has 0 spiro atoms. The SMILES string of the molecule is Cc1ccc(C(F)(F)N=[N+]=[N-])cc1. The van der Waals surface area contributed by atoms with Gasteiger partial charge in [-0.1, -0.05) is 29.8 Å². The number of aryl methyl sites for hydroxylation is 1. The van der Waals surface area contributed by atoms with E-state index in [1.165, 1.54) is 24.3 Å². The van der Waals surface area contributed by atoms with Gasteiger partial charge in [0.25, 0.3) is 0 Å².